The second kappa shape index (κ2) is 4.36. The van der Waals surface area contributed by atoms with Crippen molar-refractivity contribution in [1.29, 1.82) is 0 Å². The molecule has 0 saturated carbocycles. The van der Waals surface area contributed by atoms with Crippen LogP contribution in [0.5, 0.6) is 0 Å². The third kappa shape index (κ3) is 2.48. The van der Waals surface area contributed by atoms with E-state index in [-0.39, 0.29) is 13.0 Å². The number of hydrogen-bond acceptors (Lipinski definition) is 4. The van der Waals surface area contributed by atoms with Crippen molar-refractivity contribution in [3.8, 4) is 0 Å². The normalized spacial score (nSPS) is 21.9. The highest BCUT2D eigenvalue weighted by Crippen LogP contribution is 2.37. The summed E-state index contributed by atoms with van der Waals surface area (Å²) in [5.41, 5.74) is 6.41. The highest BCUT2D eigenvalue weighted by atomic mass is 32.1. The number of nitrogens with two attached hydrogens (primary N) is 1. The van der Waals surface area contributed by atoms with E-state index >= 15 is 0 Å². The van der Waals surface area contributed by atoms with E-state index in [0.29, 0.717) is 18.8 Å². The molecule has 3 nitrogen and oxygen atoms in total. The van der Waals surface area contributed by atoms with Gasteiger partial charge in [0.2, 0.25) is 0 Å². The predicted molar refractivity (Wildman–Crippen MR) is 62.3 cm³/mol. The second-order valence-corrected chi connectivity index (χ2v) is 5.08. The van der Waals surface area contributed by atoms with Crippen molar-refractivity contribution in [1.82, 2.24) is 4.37 Å². The molecule has 0 spiro atoms. The van der Waals surface area contributed by atoms with Crippen LogP contribution in [0.1, 0.15) is 18.4 Å². The molecular formula is C10H14F3N3S. The quantitative estimate of drug-likeness (QED) is 0.849. The molecule has 17 heavy (non-hydrogen) atoms. The SMILES string of the molecule is Cc1c(N)nsc1N1CCCC(C(F)(F)F)C1. The number of alkyl halides is 3. The Balaban J connectivity index is 2.15. The van der Waals surface area contributed by atoms with Crippen LogP contribution in [-0.2, 0) is 0 Å². The van der Waals surface area contributed by atoms with E-state index in [0.717, 1.165) is 10.6 Å². The molecule has 1 aliphatic heterocycles. The molecule has 0 aliphatic carbocycles. The van der Waals surface area contributed by atoms with Gasteiger partial charge in [0.05, 0.1) is 5.92 Å². The average Bonchev–Trinajstić information content (AvgIpc) is 2.59. The molecule has 1 saturated heterocycles. The summed E-state index contributed by atoms with van der Waals surface area (Å²) in [6, 6.07) is 0. The predicted octanol–water partition coefficient (Wildman–Crippen LogP) is 2.81. The fourth-order valence-electron chi connectivity index (χ4n) is 2.06. The third-order valence-electron chi connectivity index (χ3n) is 3.11. The Kier molecular flexibility index (Phi) is 3.20. The van der Waals surface area contributed by atoms with E-state index in [2.05, 4.69) is 4.37 Å². The number of rotatable bonds is 1. The van der Waals surface area contributed by atoms with E-state index in [1.807, 2.05) is 0 Å². The number of aromatic nitrogens is 1. The van der Waals surface area contributed by atoms with Crippen LogP contribution >= 0.6 is 11.5 Å². The third-order valence-corrected chi connectivity index (χ3v) is 4.13. The first-order valence-corrected chi connectivity index (χ1v) is 6.20. The first-order chi connectivity index (χ1) is 7.89. The maximum absolute atomic E-state index is 12.7. The standard InChI is InChI=1S/C10H14F3N3S/c1-6-8(14)15-17-9(6)16-4-2-3-7(5-16)10(11,12)13/h7H,2-5H2,1H3,(H2,14,15). The van der Waals surface area contributed by atoms with E-state index in [9.17, 15) is 13.2 Å². The van der Waals surface area contributed by atoms with E-state index in [1.165, 1.54) is 11.5 Å². The first kappa shape index (κ1) is 12.5. The lowest BCUT2D eigenvalue weighted by molar-refractivity contribution is -0.175. The summed E-state index contributed by atoms with van der Waals surface area (Å²) in [5.74, 6) is -0.821. The molecule has 1 atom stereocenters. The summed E-state index contributed by atoms with van der Waals surface area (Å²) in [5, 5.41) is 0.774. The Hall–Kier alpha value is -0.980. The van der Waals surface area contributed by atoms with Gasteiger partial charge in [-0.2, -0.15) is 17.5 Å². The molecule has 0 radical (unpaired) electrons. The zero-order valence-corrected chi connectivity index (χ0v) is 10.2. The van der Waals surface area contributed by atoms with Crippen LogP contribution in [0.3, 0.4) is 0 Å². The highest BCUT2D eigenvalue weighted by molar-refractivity contribution is 7.10. The van der Waals surface area contributed by atoms with Gasteiger partial charge in [-0.15, -0.1) is 0 Å². The molecule has 1 unspecified atom stereocenters. The molecule has 1 aromatic heterocycles. The van der Waals surface area contributed by atoms with Gasteiger partial charge >= 0.3 is 6.18 Å². The van der Waals surface area contributed by atoms with Crippen molar-refractivity contribution in [2.45, 2.75) is 25.9 Å². The fourth-order valence-corrected chi connectivity index (χ4v) is 2.91. The van der Waals surface area contributed by atoms with Gasteiger partial charge in [-0.1, -0.05) is 0 Å². The minimum absolute atomic E-state index is 0.0198. The molecule has 1 fully saturated rings. The van der Waals surface area contributed by atoms with E-state index in [1.54, 1.807) is 11.8 Å². The van der Waals surface area contributed by atoms with Gasteiger partial charge in [0, 0.05) is 18.7 Å². The smallest absolute Gasteiger partial charge is 0.383 e. The summed E-state index contributed by atoms with van der Waals surface area (Å²) < 4.78 is 42.0. The van der Waals surface area contributed by atoms with Crippen LogP contribution in [-0.4, -0.2) is 23.6 Å². The average molecular weight is 265 g/mol. The van der Waals surface area contributed by atoms with Crippen molar-refractivity contribution in [3.05, 3.63) is 5.56 Å². The van der Waals surface area contributed by atoms with Gasteiger partial charge in [0.15, 0.2) is 0 Å². The number of piperidine rings is 1. The summed E-state index contributed by atoms with van der Waals surface area (Å²) in [7, 11) is 0. The highest BCUT2D eigenvalue weighted by Gasteiger charge is 2.42. The molecule has 1 aliphatic rings. The van der Waals surface area contributed by atoms with Crippen molar-refractivity contribution in [2.75, 3.05) is 23.7 Å². The van der Waals surface area contributed by atoms with Crippen molar-refractivity contribution < 1.29 is 13.2 Å². The van der Waals surface area contributed by atoms with Gasteiger partial charge in [0.25, 0.3) is 0 Å². The van der Waals surface area contributed by atoms with E-state index in [4.69, 9.17) is 5.73 Å². The molecule has 0 aromatic carbocycles. The monoisotopic (exact) mass is 265 g/mol. The zero-order valence-electron chi connectivity index (χ0n) is 9.42. The van der Waals surface area contributed by atoms with Crippen LogP contribution in [0, 0.1) is 12.8 Å². The van der Waals surface area contributed by atoms with Gasteiger partial charge < -0.3 is 10.6 Å². The van der Waals surface area contributed by atoms with Crippen molar-refractivity contribution in [2.24, 2.45) is 5.92 Å². The number of nitrogens with zero attached hydrogens (tertiary/aromatic N) is 2. The summed E-state index contributed by atoms with van der Waals surface area (Å²) in [6.45, 7) is 2.46. The molecule has 2 rings (SSSR count). The van der Waals surface area contributed by atoms with Crippen LogP contribution in [0.25, 0.3) is 0 Å². The molecule has 96 valence electrons. The van der Waals surface area contributed by atoms with Gasteiger partial charge in [-0.05, 0) is 31.3 Å². The Morgan fingerprint density at radius 2 is 2.18 bits per heavy atom. The first-order valence-electron chi connectivity index (χ1n) is 5.43. The largest absolute Gasteiger partial charge is 0.393 e. The van der Waals surface area contributed by atoms with Crippen molar-refractivity contribution in [3.63, 3.8) is 0 Å². The topological polar surface area (TPSA) is 42.1 Å². The lowest BCUT2D eigenvalue weighted by atomic mass is 9.97. The maximum atomic E-state index is 12.7. The number of nitrogen functional groups attached to an aromatic ring is 1. The molecule has 0 bridgehead atoms. The minimum atomic E-state index is -4.11. The van der Waals surface area contributed by atoms with Gasteiger partial charge in [0.1, 0.15) is 10.8 Å². The lowest BCUT2D eigenvalue weighted by Gasteiger charge is -2.34. The number of anilines is 2. The van der Waals surface area contributed by atoms with Gasteiger partial charge in [-0.25, -0.2) is 0 Å². The van der Waals surface area contributed by atoms with Crippen LogP contribution in [0.4, 0.5) is 24.0 Å². The summed E-state index contributed by atoms with van der Waals surface area (Å²) in [6.07, 6.45) is -3.34. The van der Waals surface area contributed by atoms with Crippen LogP contribution in [0.2, 0.25) is 0 Å². The Morgan fingerprint density at radius 3 is 2.71 bits per heavy atom. The van der Waals surface area contributed by atoms with E-state index < -0.39 is 12.1 Å². The molecule has 1 aromatic rings. The molecule has 2 heterocycles. The number of halogens is 3. The summed E-state index contributed by atoms with van der Waals surface area (Å²) >= 11 is 1.18. The Bertz CT molecular complexity index is 402. The minimum Gasteiger partial charge on any atom is -0.383 e. The fraction of sp³-hybridized carbons (Fsp3) is 0.700. The Labute approximate surface area is 102 Å². The summed E-state index contributed by atoms with van der Waals surface area (Å²) in [4.78, 5) is 1.75. The molecule has 2 N–H and O–H groups in total. The maximum Gasteiger partial charge on any atom is 0.393 e. The Morgan fingerprint density at radius 1 is 1.47 bits per heavy atom. The zero-order chi connectivity index (χ0) is 12.6. The van der Waals surface area contributed by atoms with Crippen LogP contribution in [0.15, 0.2) is 0 Å². The van der Waals surface area contributed by atoms with Gasteiger partial charge in [-0.3, -0.25) is 0 Å². The number of hydrogen-bond donors (Lipinski definition) is 1. The van der Waals surface area contributed by atoms with Crippen LogP contribution < -0.4 is 10.6 Å². The molecular weight excluding hydrogens is 251 g/mol. The molecule has 7 heteroatoms. The second-order valence-electron chi connectivity index (χ2n) is 4.32. The lowest BCUT2D eigenvalue weighted by Crippen LogP contribution is -2.41. The molecule has 0 amide bonds. The van der Waals surface area contributed by atoms with Crippen molar-refractivity contribution >= 4 is 22.4 Å².